The number of hydrogen-bond donors (Lipinski definition) is 3. The summed E-state index contributed by atoms with van der Waals surface area (Å²) in [4.78, 5) is 24.4. The van der Waals surface area contributed by atoms with Crippen molar-refractivity contribution in [2.75, 3.05) is 6.54 Å². The zero-order chi connectivity index (χ0) is 20.9. The van der Waals surface area contributed by atoms with E-state index in [4.69, 9.17) is 10.5 Å². The Hall–Kier alpha value is -2.86. The Morgan fingerprint density at radius 2 is 1.83 bits per heavy atom. The summed E-state index contributed by atoms with van der Waals surface area (Å²) in [5.41, 5.74) is 9.24. The summed E-state index contributed by atoms with van der Waals surface area (Å²) in [7, 11) is 0. The van der Waals surface area contributed by atoms with Gasteiger partial charge in [-0.1, -0.05) is 68.4 Å². The average molecular weight is 396 g/mol. The van der Waals surface area contributed by atoms with Gasteiger partial charge in [-0.25, -0.2) is 4.79 Å². The van der Waals surface area contributed by atoms with Crippen LogP contribution in [0.15, 0.2) is 54.6 Å². The lowest BCUT2D eigenvalue weighted by atomic mass is 9.71. The van der Waals surface area contributed by atoms with Crippen molar-refractivity contribution in [2.24, 2.45) is 5.73 Å². The summed E-state index contributed by atoms with van der Waals surface area (Å²) in [6.07, 6.45) is 1.85. The van der Waals surface area contributed by atoms with Crippen molar-refractivity contribution in [3.8, 4) is 0 Å². The second kappa shape index (κ2) is 9.09. The number of rotatable bonds is 6. The molecule has 0 spiro atoms. The van der Waals surface area contributed by atoms with Crippen LogP contribution >= 0.6 is 0 Å². The highest BCUT2D eigenvalue weighted by Gasteiger charge is 2.32. The van der Waals surface area contributed by atoms with Crippen molar-refractivity contribution in [2.45, 2.75) is 50.8 Å². The predicted octanol–water partition coefficient (Wildman–Crippen LogP) is 3.17. The number of fused-ring (bicyclic) bond motifs is 1. The van der Waals surface area contributed by atoms with Gasteiger partial charge in [0, 0.05) is 6.54 Å². The van der Waals surface area contributed by atoms with Gasteiger partial charge in [-0.3, -0.25) is 4.79 Å². The summed E-state index contributed by atoms with van der Waals surface area (Å²) < 4.78 is 5.21. The minimum atomic E-state index is -0.915. The van der Waals surface area contributed by atoms with Crippen molar-refractivity contribution in [3.05, 3.63) is 71.3 Å². The monoisotopic (exact) mass is 395 g/mol. The highest BCUT2D eigenvalue weighted by atomic mass is 16.5. The number of carbonyl (C=O) groups excluding carboxylic acids is 2. The first kappa shape index (κ1) is 20.9. The van der Waals surface area contributed by atoms with Crippen molar-refractivity contribution >= 4 is 12.0 Å². The second-order valence-corrected chi connectivity index (χ2v) is 8.12. The molecular formula is C23H29N3O3. The van der Waals surface area contributed by atoms with Crippen LogP contribution in [0.1, 0.15) is 49.4 Å². The third kappa shape index (κ3) is 5.35. The van der Waals surface area contributed by atoms with Gasteiger partial charge in [0.25, 0.3) is 0 Å². The smallest absolute Gasteiger partial charge is 0.325 e. The molecule has 0 saturated heterocycles. The number of nitrogens with two attached hydrogens (primary N) is 1. The van der Waals surface area contributed by atoms with E-state index in [1.165, 1.54) is 5.56 Å². The van der Waals surface area contributed by atoms with Gasteiger partial charge in [0.2, 0.25) is 0 Å². The van der Waals surface area contributed by atoms with E-state index in [-0.39, 0.29) is 30.6 Å². The molecule has 2 aromatic rings. The van der Waals surface area contributed by atoms with Gasteiger partial charge in [-0.05, 0) is 34.9 Å². The third-order valence-corrected chi connectivity index (χ3v) is 5.44. The molecule has 0 aromatic heterocycles. The van der Waals surface area contributed by atoms with E-state index < -0.39 is 12.0 Å². The standard InChI is InChI=1S/C23H29N3O3/c1-23(2)13-12-20(17-10-6-7-11-18(17)23)26-22(28)25-14-19(24)21(27)29-15-16-8-4-3-5-9-16/h3-11,19-20H,12-15,24H2,1-2H3,(H2,25,26,28). The highest BCUT2D eigenvalue weighted by molar-refractivity contribution is 5.78. The average Bonchev–Trinajstić information content (AvgIpc) is 2.73. The highest BCUT2D eigenvalue weighted by Crippen LogP contribution is 2.41. The van der Waals surface area contributed by atoms with Crippen LogP contribution in [0.3, 0.4) is 0 Å². The van der Waals surface area contributed by atoms with E-state index in [9.17, 15) is 9.59 Å². The molecule has 2 unspecified atom stereocenters. The largest absolute Gasteiger partial charge is 0.460 e. The van der Waals surface area contributed by atoms with Crippen molar-refractivity contribution < 1.29 is 14.3 Å². The lowest BCUT2D eigenvalue weighted by molar-refractivity contribution is -0.146. The molecule has 2 aromatic carbocycles. The molecule has 0 aliphatic heterocycles. The van der Waals surface area contributed by atoms with Crippen molar-refractivity contribution in [1.29, 1.82) is 0 Å². The molecule has 2 amide bonds. The van der Waals surface area contributed by atoms with Gasteiger partial charge in [-0.2, -0.15) is 0 Å². The summed E-state index contributed by atoms with van der Waals surface area (Å²) in [5, 5.41) is 5.69. The zero-order valence-electron chi connectivity index (χ0n) is 17.0. The van der Waals surface area contributed by atoms with Crippen molar-refractivity contribution in [1.82, 2.24) is 10.6 Å². The maximum Gasteiger partial charge on any atom is 0.325 e. The molecular weight excluding hydrogens is 366 g/mol. The number of benzene rings is 2. The fourth-order valence-corrected chi connectivity index (χ4v) is 3.69. The Bertz CT molecular complexity index is 851. The topological polar surface area (TPSA) is 93.5 Å². The van der Waals surface area contributed by atoms with E-state index in [0.717, 1.165) is 24.0 Å². The second-order valence-electron chi connectivity index (χ2n) is 8.12. The van der Waals surface area contributed by atoms with Gasteiger partial charge in [0.05, 0.1) is 6.04 Å². The molecule has 0 fully saturated rings. The third-order valence-electron chi connectivity index (χ3n) is 5.44. The Kier molecular flexibility index (Phi) is 6.54. The van der Waals surface area contributed by atoms with Gasteiger partial charge in [0.15, 0.2) is 0 Å². The number of urea groups is 1. The molecule has 1 aliphatic rings. The molecule has 0 bridgehead atoms. The van der Waals surface area contributed by atoms with Crippen LogP contribution in [0.5, 0.6) is 0 Å². The molecule has 3 rings (SSSR count). The lowest BCUT2D eigenvalue weighted by Crippen LogP contribution is -2.47. The number of nitrogens with one attached hydrogen (secondary N) is 2. The van der Waals surface area contributed by atoms with E-state index in [1.54, 1.807) is 0 Å². The van der Waals surface area contributed by atoms with Crippen LogP contribution in [0.25, 0.3) is 0 Å². The fraction of sp³-hybridized carbons (Fsp3) is 0.391. The maximum absolute atomic E-state index is 12.4. The van der Waals surface area contributed by atoms with E-state index in [1.807, 2.05) is 42.5 Å². The number of carbonyl (C=O) groups is 2. The molecule has 29 heavy (non-hydrogen) atoms. The van der Waals surface area contributed by atoms with Crippen LogP contribution in [-0.4, -0.2) is 24.6 Å². The molecule has 1 aliphatic carbocycles. The van der Waals surface area contributed by atoms with E-state index >= 15 is 0 Å². The van der Waals surface area contributed by atoms with Crippen molar-refractivity contribution in [3.63, 3.8) is 0 Å². The summed E-state index contributed by atoms with van der Waals surface area (Å²) in [5.74, 6) is -0.543. The minimum absolute atomic E-state index is 0.0132. The van der Waals surface area contributed by atoms with E-state index in [0.29, 0.717) is 0 Å². The van der Waals surface area contributed by atoms with Crippen LogP contribution in [0, 0.1) is 0 Å². The molecule has 2 atom stereocenters. The van der Waals surface area contributed by atoms with Gasteiger partial charge >= 0.3 is 12.0 Å². The molecule has 6 nitrogen and oxygen atoms in total. The zero-order valence-corrected chi connectivity index (χ0v) is 17.0. The number of amides is 2. The lowest BCUT2D eigenvalue weighted by Gasteiger charge is -2.37. The summed E-state index contributed by atoms with van der Waals surface area (Å²) in [6.45, 7) is 4.62. The Balaban J connectivity index is 1.48. The quantitative estimate of drug-likeness (QED) is 0.655. The molecule has 4 N–H and O–H groups in total. The van der Waals surface area contributed by atoms with Crippen LogP contribution in [-0.2, 0) is 21.6 Å². The Morgan fingerprint density at radius 1 is 1.14 bits per heavy atom. The molecule has 154 valence electrons. The SMILES string of the molecule is CC1(C)CCC(NC(=O)NCC(N)C(=O)OCc2ccccc2)c2ccccc21. The van der Waals surface area contributed by atoms with Crippen LogP contribution in [0.2, 0.25) is 0 Å². The Labute approximate surface area is 171 Å². The number of hydrogen-bond acceptors (Lipinski definition) is 4. The fourth-order valence-electron chi connectivity index (χ4n) is 3.69. The molecule has 6 heteroatoms. The molecule has 0 saturated carbocycles. The summed E-state index contributed by atoms with van der Waals surface area (Å²) >= 11 is 0. The first-order valence-electron chi connectivity index (χ1n) is 9.97. The maximum atomic E-state index is 12.4. The van der Waals surface area contributed by atoms with Gasteiger partial charge in [-0.15, -0.1) is 0 Å². The first-order valence-corrected chi connectivity index (χ1v) is 9.97. The van der Waals surface area contributed by atoms with Gasteiger partial charge < -0.3 is 21.1 Å². The number of esters is 1. The number of ether oxygens (including phenoxy) is 1. The summed E-state index contributed by atoms with van der Waals surface area (Å²) in [6, 6.07) is 16.3. The Morgan fingerprint density at radius 3 is 2.59 bits per heavy atom. The normalized spacial score (nSPS) is 18.2. The molecule has 0 heterocycles. The predicted molar refractivity (Wildman–Crippen MR) is 112 cm³/mol. The van der Waals surface area contributed by atoms with Crippen LogP contribution < -0.4 is 16.4 Å². The van der Waals surface area contributed by atoms with Crippen LogP contribution in [0.4, 0.5) is 4.79 Å². The first-order chi connectivity index (χ1) is 13.9. The van der Waals surface area contributed by atoms with Gasteiger partial charge in [0.1, 0.15) is 12.6 Å². The van der Waals surface area contributed by atoms with E-state index in [2.05, 4.69) is 36.6 Å². The molecule has 0 radical (unpaired) electrons. The minimum Gasteiger partial charge on any atom is -0.460 e.